The lowest BCUT2D eigenvalue weighted by Gasteiger charge is -2.14. The number of primary amides is 1. The second-order valence-corrected chi connectivity index (χ2v) is 4.93. The fraction of sp³-hybridized carbons (Fsp3) is 0.429. The van der Waals surface area contributed by atoms with Gasteiger partial charge in [-0.05, 0) is 36.5 Å². The highest BCUT2D eigenvalue weighted by Gasteiger charge is 2.15. The third-order valence-corrected chi connectivity index (χ3v) is 3.38. The minimum Gasteiger partial charge on any atom is -0.370 e. The number of hydrogen-bond donors (Lipinski definition) is 3. The van der Waals surface area contributed by atoms with E-state index in [1.165, 1.54) is 0 Å². The Morgan fingerprint density at radius 3 is 2.89 bits per heavy atom. The SMILES string of the molecule is NC(=O)CCC(N)c1ccc2c(c1)CCCC(=O)N2. The van der Waals surface area contributed by atoms with Crippen molar-refractivity contribution in [1.29, 1.82) is 0 Å². The fourth-order valence-electron chi connectivity index (χ4n) is 2.29. The maximum Gasteiger partial charge on any atom is 0.224 e. The Hall–Kier alpha value is -1.88. The van der Waals surface area contributed by atoms with Crippen molar-refractivity contribution in [3.05, 3.63) is 29.3 Å². The molecule has 0 spiro atoms. The van der Waals surface area contributed by atoms with Gasteiger partial charge in [-0.1, -0.05) is 12.1 Å². The summed E-state index contributed by atoms with van der Waals surface area (Å²) < 4.78 is 0. The van der Waals surface area contributed by atoms with Crippen molar-refractivity contribution in [1.82, 2.24) is 0 Å². The number of anilines is 1. The highest BCUT2D eigenvalue weighted by Crippen LogP contribution is 2.26. The van der Waals surface area contributed by atoms with Crippen LogP contribution in [-0.4, -0.2) is 11.8 Å². The Morgan fingerprint density at radius 1 is 1.37 bits per heavy atom. The maximum atomic E-state index is 11.5. The van der Waals surface area contributed by atoms with E-state index in [1.54, 1.807) is 0 Å². The van der Waals surface area contributed by atoms with Crippen LogP contribution in [0.1, 0.15) is 42.9 Å². The van der Waals surface area contributed by atoms with Crippen molar-refractivity contribution in [2.24, 2.45) is 11.5 Å². The molecular weight excluding hydrogens is 242 g/mol. The monoisotopic (exact) mass is 261 g/mol. The van der Waals surface area contributed by atoms with E-state index in [0.717, 1.165) is 29.7 Å². The molecule has 0 fully saturated rings. The molecule has 19 heavy (non-hydrogen) atoms. The normalized spacial score (nSPS) is 16.2. The molecular formula is C14H19N3O2. The summed E-state index contributed by atoms with van der Waals surface area (Å²) >= 11 is 0. The molecule has 5 heteroatoms. The van der Waals surface area contributed by atoms with Crippen molar-refractivity contribution < 1.29 is 9.59 Å². The third-order valence-electron chi connectivity index (χ3n) is 3.38. The van der Waals surface area contributed by atoms with Crippen LogP contribution in [-0.2, 0) is 16.0 Å². The summed E-state index contributed by atoms with van der Waals surface area (Å²) in [6.45, 7) is 0. The molecule has 2 rings (SSSR count). The van der Waals surface area contributed by atoms with E-state index in [9.17, 15) is 9.59 Å². The van der Waals surface area contributed by atoms with Gasteiger partial charge in [0.1, 0.15) is 0 Å². The zero-order valence-electron chi connectivity index (χ0n) is 10.8. The Balaban J connectivity index is 2.13. The van der Waals surface area contributed by atoms with Gasteiger partial charge in [-0.25, -0.2) is 0 Å². The second kappa shape index (κ2) is 5.84. The molecule has 5 nitrogen and oxygen atoms in total. The molecule has 1 atom stereocenters. The zero-order chi connectivity index (χ0) is 13.8. The lowest BCUT2D eigenvalue weighted by atomic mass is 9.98. The smallest absolute Gasteiger partial charge is 0.224 e. The number of carbonyl (C=O) groups is 2. The van der Waals surface area contributed by atoms with E-state index in [4.69, 9.17) is 11.5 Å². The lowest BCUT2D eigenvalue weighted by Crippen LogP contribution is -2.17. The molecule has 1 aromatic carbocycles. The molecule has 0 saturated carbocycles. The van der Waals surface area contributed by atoms with Crippen LogP contribution in [0.15, 0.2) is 18.2 Å². The molecule has 2 amide bonds. The van der Waals surface area contributed by atoms with E-state index in [-0.39, 0.29) is 24.3 Å². The molecule has 0 saturated heterocycles. The van der Waals surface area contributed by atoms with Crippen molar-refractivity contribution in [3.63, 3.8) is 0 Å². The Labute approximate surface area is 112 Å². The maximum absolute atomic E-state index is 11.5. The summed E-state index contributed by atoms with van der Waals surface area (Å²) in [5, 5.41) is 2.88. The van der Waals surface area contributed by atoms with Crippen LogP contribution >= 0.6 is 0 Å². The standard InChI is InChI=1S/C14H19N3O2/c15-11(5-7-13(16)18)9-4-6-12-10(8-9)2-1-3-14(19)17-12/h4,6,8,11H,1-3,5,7,15H2,(H2,16,18)(H,17,19). The van der Waals surface area contributed by atoms with E-state index in [0.29, 0.717) is 12.8 Å². The van der Waals surface area contributed by atoms with Crippen LogP contribution in [0.5, 0.6) is 0 Å². The Morgan fingerprint density at radius 2 is 2.16 bits per heavy atom. The average Bonchev–Trinajstić information content (AvgIpc) is 2.55. The zero-order valence-corrected chi connectivity index (χ0v) is 10.8. The average molecular weight is 261 g/mol. The summed E-state index contributed by atoms with van der Waals surface area (Å²) in [7, 11) is 0. The molecule has 1 aliphatic rings. The van der Waals surface area contributed by atoms with Gasteiger partial charge < -0.3 is 16.8 Å². The second-order valence-electron chi connectivity index (χ2n) is 4.93. The molecule has 1 aliphatic heterocycles. The highest BCUT2D eigenvalue weighted by molar-refractivity contribution is 5.92. The van der Waals surface area contributed by atoms with Crippen LogP contribution in [0.4, 0.5) is 5.69 Å². The molecule has 1 aromatic rings. The molecule has 0 aromatic heterocycles. The first-order valence-electron chi connectivity index (χ1n) is 6.53. The predicted octanol–water partition coefficient (Wildman–Crippen LogP) is 1.23. The lowest BCUT2D eigenvalue weighted by molar-refractivity contribution is -0.118. The van der Waals surface area contributed by atoms with Gasteiger partial charge in [0.2, 0.25) is 11.8 Å². The molecule has 1 unspecified atom stereocenters. The Bertz CT molecular complexity index is 499. The van der Waals surface area contributed by atoms with Gasteiger partial charge >= 0.3 is 0 Å². The molecule has 0 radical (unpaired) electrons. The molecule has 1 heterocycles. The topological polar surface area (TPSA) is 98.2 Å². The number of nitrogens with two attached hydrogens (primary N) is 2. The summed E-state index contributed by atoms with van der Waals surface area (Å²) in [5.41, 5.74) is 14.1. The highest BCUT2D eigenvalue weighted by atomic mass is 16.1. The summed E-state index contributed by atoms with van der Waals surface area (Å²) in [6, 6.07) is 5.61. The van der Waals surface area contributed by atoms with E-state index < -0.39 is 0 Å². The molecule has 102 valence electrons. The minimum atomic E-state index is -0.336. The minimum absolute atomic E-state index is 0.0597. The van der Waals surface area contributed by atoms with Crippen molar-refractivity contribution >= 4 is 17.5 Å². The van der Waals surface area contributed by atoms with Gasteiger partial charge in [-0.3, -0.25) is 9.59 Å². The van der Waals surface area contributed by atoms with Gasteiger partial charge in [0.05, 0.1) is 0 Å². The fourth-order valence-corrected chi connectivity index (χ4v) is 2.29. The first kappa shape index (κ1) is 13.5. The van der Waals surface area contributed by atoms with Gasteiger partial charge in [-0.2, -0.15) is 0 Å². The van der Waals surface area contributed by atoms with E-state index in [2.05, 4.69) is 5.32 Å². The first-order valence-corrected chi connectivity index (χ1v) is 6.53. The van der Waals surface area contributed by atoms with Crippen molar-refractivity contribution in [3.8, 4) is 0 Å². The summed E-state index contributed by atoms with van der Waals surface area (Å²) in [6.07, 6.45) is 3.09. The predicted molar refractivity (Wildman–Crippen MR) is 73.4 cm³/mol. The van der Waals surface area contributed by atoms with Crippen LogP contribution < -0.4 is 16.8 Å². The number of carbonyl (C=O) groups excluding carboxylic acids is 2. The van der Waals surface area contributed by atoms with Crippen LogP contribution in [0, 0.1) is 0 Å². The summed E-state index contributed by atoms with van der Waals surface area (Å²) in [5.74, 6) is -0.276. The van der Waals surface area contributed by atoms with Gasteiger partial charge in [0.25, 0.3) is 0 Å². The van der Waals surface area contributed by atoms with Crippen molar-refractivity contribution in [2.45, 2.75) is 38.1 Å². The molecule has 5 N–H and O–H groups in total. The van der Waals surface area contributed by atoms with Gasteiger partial charge in [0, 0.05) is 24.6 Å². The number of amides is 2. The first-order chi connectivity index (χ1) is 9.06. The van der Waals surface area contributed by atoms with Crippen LogP contribution in [0.25, 0.3) is 0 Å². The molecule has 0 bridgehead atoms. The van der Waals surface area contributed by atoms with Gasteiger partial charge in [-0.15, -0.1) is 0 Å². The van der Waals surface area contributed by atoms with Crippen LogP contribution in [0.3, 0.4) is 0 Å². The van der Waals surface area contributed by atoms with Crippen molar-refractivity contribution in [2.75, 3.05) is 5.32 Å². The number of hydrogen-bond acceptors (Lipinski definition) is 3. The third kappa shape index (κ3) is 3.54. The van der Waals surface area contributed by atoms with E-state index in [1.807, 2.05) is 18.2 Å². The quantitative estimate of drug-likeness (QED) is 0.760. The Kier molecular flexibility index (Phi) is 4.16. The van der Waals surface area contributed by atoms with E-state index >= 15 is 0 Å². The summed E-state index contributed by atoms with van der Waals surface area (Å²) in [4.78, 5) is 22.2. The number of fused-ring (bicyclic) bond motifs is 1. The molecule has 0 aliphatic carbocycles. The number of benzene rings is 1. The van der Waals surface area contributed by atoms with Gasteiger partial charge in [0.15, 0.2) is 0 Å². The van der Waals surface area contributed by atoms with Crippen LogP contribution in [0.2, 0.25) is 0 Å². The number of aryl methyl sites for hydroxylation is 1. The number of nitrogens with one attached hydrogen (secondary N) is 1. The number of rotatable bonds is 4. The largest absolute Gasteiger partial charge is 0.370 e.